The van der Waals surface area contributed by atoms with E-state index in [1.807, 2.05) is 59.8 Å². The minimum Gasteiger partial charge on any atom is -0.440 e. The maximum absolute atomic E-state index is 13.2. The summed E-state index contributed by atoms with van der Waals surface area (Å²) in [5, 5.41) is 5.14. The van der Waals surface area contributed by atoms with Gasteiger partial charge in [0.15, 0.2) is 11.5 Å². The summed E-state index contributed by atoms with van der Waals surface area (Å²) in [5.41, 5.74) is 5.15. The second-order valence-corrected chi connectivity index (χ2v) is 8.51. The molecule has 31 heavy (non-hydrogen) atoms. The summed E-state index contributed by atoms with van der Waals surface area (Å²) in [6, 6.07) is 13.5. The third kappa shape index (κ3) is 3.61. The Morgan fingerprint density at radius 3 is 2.68 bits per heavy atom. The van der Waals surface area contributed by atoms with Crippen molar-refractivity contribution in [3.8, 4) is 5.69 Å². The smallest absolute Gasteiger partial charge is 0.257 e. The number of amides is 1. The topological polar surface area (TPSA) is 64.2 Å². The van der Waals surface area contributed by atoms with Crippen LogP contribution in [0.25, 0.3) is 16.8 Å². The van der Waals surface area contributed by atoms with E-state index in [4.69, 9.17) is 16.0 Å². The Kier molecular flexibility index (Phi) is 5.02. The Hall–Kier alpha value is -3.12. The molecule has 1 amide bonds. The molecule has 4 aromatic rings. The number of benzene rings is 2. The van der Waals surface area contributed by atoms with Crippen LogP contribution >= 0.6 is 11.6 Å². The minimum atomic E-state index is 0.0279. The predicted octanol–water partition coefficient (Wildman–Crippen LogP) is 5.30. The lowest BCUT2D eigenvalue weighted by Gasteiger charge is -2.30. The van der Waals surface area contributed by atoms with E-state index in [9.17, 15) is 4.79 Å². The highest BCUT2D eigenvalue weighted by atomic mass is 35.5. The number of aromatic nitrogens is 3. The number of aryl methyl sites for hydroxylation is 1. The number of carbonyl (C=O) groups excluding carboxylic acids is 1. The third-order valence-corrected chi connectivity index (χ3v) is 6.32. The van der Waals surface area contributed by atoms with Crippen LogP contribution in [0.3, 0.4) is 0 Å². The number of nitrogens with zero attached hydrogens (tertiary/aromatic N) is 4. The zero-order chi connectivity index (χ0) is 21.5. The Labute approximate surface area is 185 Å². The average Bonchev–Trinajstić information content (AvgIpc) is 3.37. The van der Waals surface area contributed by atoms with Gasteiger partial charge < -0.3 is 9.32 Å². The molecule has 2 aromatic heterocycles. The Morgan fingerprint density at radius 2 is 1.90 bits per heavy atom. The molecule has 3 heterocycles. The Balaban J connectivity index is 1.30. The van der Waals surface area contributed by atoms with Gasteiger partial charge in [0.05, 0.1) is 23.1 Å². The number of hydrogen-bond acceptors (Lipinski definition) is 4. The monoisotopic (exact) mass is 434 g/mol. The summed E-state index contributed by atoms with van der Waals surface area (Å²) in [6.07, 6.45) is 3.31. The van der Waals surface area contributed by atoms with Crippen LogP contribution in [0.2, 0.25) is 5.02 Å². The van der Waals surface area contributed by atoms with Crippen molar-refractivity contribution < 1.29 is 9.21 Å². The molecular weight excluding hydrogens is 412 g/mol. The molecule has 1 aliphatic heterocycles. The van der Waals surface area contributed by atoms with Crippen molar-refractivity contribution in [1.82, 2.24) is 19.7 Å². The van der Waals surface area contributed by atoms with Gasteiger partial charge in [-0.1, -0.05) is 29.8 Å². The van der Waals surface area contributed by atoms with E-state index in [0.29, 0.717) is 23.7 Å². The highest BCUT2D eigenvalue weighted by Crippen LogP contribution is 2.31. The molecule has 158 valence electrons. The standard InChI is InChI=1S/C24H23ClN4O2/c1-15-5-3-4-6-21(15)29-16(2)19(14-26-29)24(30)28-11-9-17(10-12-28)23-27-20-13-18(25)7-8-22(20)31-23/h3-8,13-14,17H,9-12H2,1-2H3. The van der Waals surface area contributed by atoms with Crippen LogP contribution in [0.4, 0.5) is 0 Å². The number of fused-ring (bicyclic) bond motifs is 1. The number of para-hydroxylation sites is 1. The van der Waals surface area contributed by atoms with E-state index in [1.165, 1.54) is 0 Å². The number of piperidine rings is 1. The van der Waals surface area contributed by atoms with Crippen LogP contribution in [0.15, 0.2) is 53.1 Å². The van der Waals surface area contributed by atoms with Crippen LogP contribution in [-0.2, 0) is 0 Å². The minimum absolute atomic E-state index is 0.0279. The Bertz CT molecular complexity index is 1270. The normalized spacial score (nSPS) is 15.0. The van der Waals surface area contributed by atoms with Gasteiger partial charge in [0, 0.05) is 24.0 Å². The zero-order valence-electron chi connectivity index (χ0n) is 17.5. The average molecular weight is 435 g/mol. The van der Waals surface area contributed by atoms with Gasteiger partial charge in [0.2, 0.25) is 0 Å². The molecule has 0 radical (unpaired) electrons. The fraction of sp³-hybridized carbons (Fsp3) is 0.292. The molecule has 0 aliphatic carbocycles. The molecule has 7 heteroatoms. The SMILES string of the molecule is Cc1ccccc1-n1ncc(C(=O)N2CCC(c3nc4cc(Cl)ccc4o3)CC2)c1C. The first kappa shape index (κ1) is 19.8. The van der Waals surface area contributed by atoms with Crippen molar-refractivity contribution in [2.75, 3.05) is 13.1 Å². The molecule has 2 aromatic carbocycles. The lowest BCUT2D eigenvalue weighted by Crippen LogP contribution is -2.38. The summed E-state index contributed by atoms with van der Waals surface area (Å²) < 4.78 is 7.78. The van der Waals surface area contributed by atoms with E-state index in [1.54, 1.807) is 12.3 Å². The summed E-state index contributed by atoms with van der Waals surface area (Å²) >= 11 is 6.06. The second-order valence-electron chi connectivity index (χ2n) is 8.07. The van der Waals surface area contributed by atoms with E-state index in [0.717, 1.165) is 46.8 Å². The van der Waals surface area contributed by atoms with E-state index in [-0.39, 0.29) is 11.8 Å². The van der Waals surface area contributed by atoms with Crippen LogP contribution in [0.1, 0.15) is 46.3 Å². The van der Waals surface area contributed by atoms with Gasteiger partial charge in [0.25, 0.3) is 5.91 Å². The van der Waals surface area contributed by atoms with E-state index < -0.39 is 0 Å². The van der Waals surface area contributed by atoms with Gasteiger partial charge in [-0.3, -0.25) is 4.79 Å². The number of hydrogen-bond donors (Lipinski definition) is 0. The third-order valence-electron chi connectivity index (χ3n) is 6.08. The molecule has 0 saturated carbocycles. The predicted molar refractivity (Wildman–Crippen MR) is 120 cm³/mol. The molecule has 1 saturated heterocycles. The summed E-state index contributed by atoms with van der Waals surface area (Å²) in [7, 11) is 0. The summed E-state index contributed by atoms with van der Waals surface area (Å²) in [4.78, 5) is 19.7. The van der Waals surface area contributed by atoms with Crippen molar-refractivity contribution in [2.24, 2.45) is 0 Å². The van der Waals surface area contributed by atoms with Gasteiger partial charge >= 0.3 is 0 Å². The lowest BCUT2D eigenvalue weighted by molar-refractivity contribution is 0.0706. The molecular formula is C24H23ClN4O2. The van der Waals surface area contributed by atoms with Crippen molar-refractivity contribution in [1.29, 1.82) is 0 Å². The van der Waals surface area contributed by atoms with Gasteiger partial charge in [-0.25, -0.2) is 9.67 Å². The maximum atomic E-state index is 13.2. The van der Waals surface area contributed by atoms with Crippen LogP contribution in [-0.4, -0.2) is 38.7 Å². The number of likely N-dealkylation sites (tertiary alicyclic amines) is 1. The van der Waals surface area contributed by atoms with Crippen LogP contribution in [0, 0.1) is 13.8 Å². The highest BCUT2D eigenvalue weighted by Gasteiger charge is 2.29. The second kappa shape index (κ2) is 7.85. The molecule has 0 atom stereocenters. The molecule has 0 spiro atoms. The first-order chi connectivity index (χ1) is 15.0. The number of rotatable bonds is 3. The lowest BCUT2D eigenvalue weighted by atomic mass is 9.96. The van der Waals surface area contributed by atoms with Gasteiger partial charge in [-0.15, -0.1) is 0 Å². The molecule has 6 nitrogen and oxygen atoms in total. The number of oxazole rings is 1. The quantitative estimate of drug-likeness (QED) is 0.438. The van der Waals surface area contributed by atoms with Gasteiger partial charge in [-0.05, 0) is 56.5 Å². The molecule has 0 unspecified atom stereocenters. The van der Waals surface area contributed by atoms with Gasteiger partial charge in [-0.2, -0.15) is 5.10 Å². The van der Waals surface area contributed by atoms with Gasteiger partial charge in [0.1, 0.15) is 5.52 Å². The number of carbonyl (C=O) groups is 1. The number of halogens is 1. The highest BCUT2D eigenvalue weighted by molar-refractivity contribution is 6.31. The Morgan fingerprint density at radius 1 is 1.13 bits per heavy atom. The fourth-order valence-electron chi connectivity index (χ4n) is 4.26. The molecule has 5 rings (SSSR count). The fourth-order valence-corrected chi connectivity index (χ4v) is 4.42. The molecule has 1 aliphatic rings. The first-order valence-corrected chi connectivity index (χ1v) is 10.8. The largest absolute Gasteiger partial charge is 0.440 e. The molecule has 0 bridgehead atoms. The van der Waals surface area contributed by atoms with Crippen LogP contribution in [0.5, 0.6) is 0 Å². The van der Waals surface area contributed by atoms with Crippen molar-refractivity contribution >= 4 is 28.6 Å². The van der Waals surface area contributed by atoms with E-state index >= 15 is 0 Å². The molecule has 0 N–H and O–H groups in total. The van der Waals surface area contributed by atoms with E-state index in [2.05, 4.69) is 10.1 Å². The first-order valence-electron chi connectivity index (χ1n) is 10.5. The zero-order valence-corrected chi connectivity index (χ0v) is 18.3. The van der Waals surface area contributed by atoms with Crippen molar-refractivity contribution in [2.45, 2.75) is 32.6 Å². The van der Waals surface area contributed by atoms with Crippen LogP contribution < -0.4 is 0 Å². The molecule has 1 fully saturated rings. The summed E-state index contributed by atoms with van der Waals surface area (Å²) in [5.74, 6) is 0.957. The maximum Gasteiger partial charge on any atom is 0.257 e. The van der Waals surface area contributed by atoms with Crippen molar-refractivity contribution in [3.05, 3.63) is 76.4 Å². The van der Waals surface area contributed by atoms with Crippen molar-refractivity contribution in [3.63, 3.8) is 0 Å². The summed E-state index contributed by atoms with van der Waals surface area (Å²) in [6.45, 7) is 5.32.